The number of alkyl halides is 3. The third-order valence-corrected chi connectivity index (χ3v) is 4.54. The highest BCUT2D eigenvalue weighted by molar-refractivity contribution is 6.21. The number of aromatic nitrogens is 3. The van der Waals surface area contributed by atoms with E-state index in [9.17, 15) is 13.2 Å². The van der Waals surface area contributed by atoms with Crippen molar-refractivity contribution >= 4 is 28.8 Å². The lowest BCUT2D eigenvalue weighted by Crippen LogP contribution is -2.11. The fourth-order valence-electron chi connectivity index (χ4n) is 3.15. The summed E-state index contributed by atoms with van der Waals surface area (Å²) in [5, 5.41) is 7.93. The van der Waals surface area contributed by atoms with Crippen molar-refractivity contribution in [2.45, 2.75) is 31.4 Å². The van der Waals surface area contributed by atoms with Crippen molar-refractivity contribution < 1.29 is 13.2 Å². The van der Waals surface area contributed by atoms with E-state index in [0.29, 0.717) is 11.9 Å². The number of halogens is 3. The van der Waals surface area contributed by atoms with Crippen molar-refractivity contribution in [1.82, 2.24) is 14.5 Å². The van der Waals surface area contributed by atoms with Gasteiger partial charge in [0.1, 0.15) is 17.0 Å². The molecule has 5 rings (SSSR count). The van der Waals surface area contributed by atoms with Gasteiger partial charge in [0, 0.05) is 23.6 Å². The van der Waals surface area contributed by atoms with Crippen LogP contribution in [0.1, 0.15) is 36.7 Å². The summed E-state index contributed by atoms with van der Waals surface area (Å²) >= 11 is 0. The van der Waals surface area contributed by atoms with Gasteiger partial charge in [-0.25, -0.2) is 9.97 Å². The van der Waals surface area contributed by atoms with E-state index in [-0.39, 0.29) is 11.6 Å². The van der Waals surface area contributed by atoms with Crippen LogP contribution in [-0.4, -0.2) is 26.5 Å². The van der Waals surface area contributed by atoms with Crippen molar-refractivity contribution in [2.24, 2.45) is 10.2 Å². The molecule has 0 N–H and O–H groups in total. The topological polar surface area (TPSA) is 55.4 Å². The third-order valence-electron chi connectivity index (χ3n) is 4.54. The zero-order chi connectivity index (χ0) is 17.2. The standard InChI is InChI=1S/C17H12F3N5/c18-17(19,20)14-6-5-13-16(23-14)25(15(22-13)9-1-2-9)11-3-4-12-10(7-11)8-21-24-12/h3,5-9H,1-2,4H2. The molecule has 25 heavy (non-hydrogen) atoms. The normalized spacial score (nSPS) is 19.7. The summed E-state index contributed by atoms with van der Waals surface area (Å²) in [5.74, 6) is 1.05. The highest BCUT2D eigenvalue weighted by atomic mass is 19.4. The molecule has 2 aromatic heterocycles. The maximum atomic E-state index is 13.1. The lowest BCUT2D eigenvalue weighted by Gasteiger charge is -2.15. The second-order valence-electron chi connectivity index (χ2n) is 6.34. The van der Waals surface area contributed by atoms with Gasteiger partial charge in [0.2, 0.25) is 0 Å². The maximum Gasteiger partial charge on any atom is 0.433 e. The van der Waals surface area contributed by atoms with E-state index in [2.05, 4.69) is 20.2 Å². The largest absolute Gasteiger partial charge is 0.433 e. The van der Waals surface area contributed by atoms with Crippen LogP contribution in [0.3, 0.4) is 0 Å². The Labute approximate surface area is 140 Å². The summed E-state index contributed by atoms with van der Waals surface area (Å²) in [7, 11) is 0. The van der Waals surface area contributed by atoms with Crippen molar-refractivity contribution in [2.75, 3.05) is 0 Å². The highest BCUT2D eigenvalue weighted by Gasteiger charge is 2.35. The second-order valence-corrected chi connectivity index (χ2v) is 6.34. The van der Waals surface area contributed by atoms with E-state index in [1.807, 2.05) is 12.2 Å². The number of hydrogen-bond donors (Lipinski definition) is 0. The molecule has 0 radical (unpaired) electrons. The van der Waals surface area contributed by atoms with E-state index < -0.39 is 11.9 Å². The molecule has 8 heteroatoms. The van der Waals surface area contributed by atoms with Gasteiger partial charge in [0.05, 0.1) is 11.9 Å². The summed E-state index contributed by atoms with van der Waals surface area (Å²) < 4.78 is 41.0. The van der Waals surface area contributed by atoms with Gasteiger partial charge < -0.3 is 0 Å². The summed E-state index contributed by atoms with van der Waals surface area (Å²) in [6.45, 7) is 0. The Kier molecular flexibility index (Phi) is 2.84. The average Bonchev–Trinajstić information content (AvgIpc) is 3.19. The second kappa shape index (κ2) is 4.87. The minimum atomic E-state index is -4.49. The Morgan fingerprint density at radius 2 is 1.96 bits per heavy atom. The van der Waals surface area contributed by atoms with Crippen LogP contribution < -0.4 is 0 Å². The SMILES string of the molecule is FC(F)(F)c1ccc2nc(C3CC3)n(C3=CCC4=NN=CC4=C3)c2n1. The Hall–Kier alpha value is -2.77. The minimum absolute atomic E-state index is 0.246. The Balaban J connectivity index is 1.72. The first kappa shape index (κ1) is 14.6. The summed E-state index contributed by atoms with van der Waals surface area (Å²) in [4.78, 5) is 8.44. The number of fused-ring (bicyclic) bond motifs is 2. The number of imidazole rings is 1. The van der Waals surface area contributed by atoms with Gasteiger partial charge in [-0.15, -0.1) is 0 Å². The molecule has 2 aromatic rings. The van der Waals surface area contributed by atoms with Gasteiger partial charge in [-0.05, 0) is 31.1 Å². The molecule has 0 aromatic carbocycles. The van der Waals surface area contributed by atoms with Crippen LogP contribution in [0, 0.1) is 0 Å². The lowest BCUT2D eigenvalue weighted by atomic mass is 10.0. The van der Waals surface area contributed by atoms with Gasteiger partial charge >= 0.3 is 6.18 Å². The van der Waals surface area contributed by atoms with Crippen molar-refractivity contribution in [3.63, 3.8) is 0 Å². The molecule has 1 saturated carbocycles. The zero-order valence-corrected chi connectivity index (χ0v) is 13.0. The molecular formula is C17H12F3N5. The van der Waals surface area contributed by atoms with Crippen LogP contribution in [-0.2, 0) is 6.18 Å². The summed E-state index contributed by atoms with van der Waals surface area (Å²) in [6.07, 6.45) is 3.57. The molecule has 3 heterocycles. The molecule has 0 atom stereocenters. The molecule has 126 valence electrons. The predicted octanol–water partition coefficient (Wildman–Crippen LogP) is 3.94. The van der Waals surface area contributed by atoms with Crippen LogP contribution >= 0.6 is 0 Å². The Morgan fingerprint density at radius 1 is 1.12 bits per heavy atom. The molecule has 2 aliphatic carbocycles. The van der Waals surface area contributed by atoms with Crippen LogP contribution in [0.5, 0.6) is 0 Å². The van der Waals surface area contributed by atoms with Crippen LogP contribution in [0.25, 0.3) is 16.9 Å². The predicted molar refractivity (Wildman–Crippen MR) is 87.4 cm³/mol. The van der Waals surface area contributed by atoms with Crippen LogP contribution in [0.4, 0.5) is 13.2 Å². The average molecular weight is 343 g/mol. The van der Waals surface area contributed by atoms with E-state index in [4.69, 9.17) is 0 Å². The Bertz CT molecular complexity index is 1020. The number of rotatable bonds is 2. The van der Waals surface area contributed by atoms with E-state index in [0.717, 1.165) is 41.7 Å². The number of pyridine rings is 1. The number of hydrogen-bond acceptors (Lipinski definition) is 4. The molecular weight excluding hydrogens is 331 g/mol. The van der Waals surface area contributed by atoms with E-state index in [1.165, 1.54) is 6.07 Å². The zero-order valence-electron chi connectivity index (χ0n) is 13.0. The number of allylic oxidation sites excluding steroid dienone is 4. The first-order valence-electron chi connectivity index (χ1n) is 8.00. The molecule has 5 nitrogen and oxygen atoms in total. The van der Waals surface area contributed by atoms with Crippen LogP contribution in [0.2, 0.25) is 0 Å². The minimum Gasteiger partial charge on any atom is -0.281 e. The third kappa shape index (κ3) is 2.32. The maximum absolute atomic E-state index is 13.1. The highest BCUT2D eigenvalue weighted by Crippen LogP contribution is 2.42. The van der Waals surface area contributed by atoms with Gasteiger partial charge in [0.15, 0.2) is 5.65 Å². The molecule has 0 saturated heterocycles. The van der Waals surface area contributed by atoms with Crippen molar-refractivity contribution in [3.05, 3.63) is 41.4 Å². The summed E-state index contributed by atoms with van der Waals surface area (Å²) in [6, 6.07) is 2.38. The quantitative estimate of drug-likeness (QED) is 0.829. The fourth-order valence-corrected chi connectivity index (χ4v) is 3.15. The van der Waals surface area contributed by atoms with Gasteiger partial charge in [-0.2, -0.15) is 23.4 Å². The first-order valence-corrected chi connectivity index (χ1v) is 8.00. The van der Waals surface area contributed by atoms with E-state index >= 15 is 0 Å². The molecule has 0 amide bonds. The first-order chi connectivity index (χ1) is 12.0. The molecule has 0 bridgehead atoms. The van der Waals surface area contributed by atoms with Gasteiger partial charge in [-0.1, -0.05) is 6.08 Å². The molecule has 3 aliphatic rings. The molecule has 0 unspecified atom stereocenters. The summed E-state index contributed by atoms with van der Waals surface area (Å²) in [5.41, 5.74) is 2.35. The lowest BCUT2D eigenvalue weighted by molar-refractivity contribution is -0.141. The fraction of sp³-hybridized carbons (Fsp3) is 0.294. The Morgan fingerprint density at radius 3 is 2.72 bits per heavy atom. The molecule has 1 fully saturated rings. The van der Waals surface area contributed by atoms with Gasteiger partial charge in [-0.3, -0.25) is 4.57 Å². The van der Waals surface area contributed by atoms with Crippen LogP contribution in [0.15, 0.2) is 40.1 Å². The van der Waals surface area contributed by atoms with Crippen molar-refractivity contribution in [1.29, 1.82) is 0 Å². The van der Waals surface area contributed by atoms with E-state index in [1.54, 1.807) is 10.8 Å². The molecule has 1 aliphatic heterocycles. The number of nitrogens with zero attached hydrogens (tertiary/aromatic N) is 5. The smallest absolute Gasteiger partial charge is 0.281 e. The van der Waals surface area contributed by atoms with Gasteiger partial charge in [0.25, 0.3) is 0 Å². The monoisotopic (exact) mass is 343 g/mol. The molecule has 0 spiro atoms. The van der Waals surface area contributed by atoms with Crippen molar-refractivity contribution in [3.8, 4) is 0 Å².